The van der Waals surface area contributed by atoms with Crippen LogP contribution in [0, 0.1) is 0 Å². The molecule has 13 heteroatoms. The van der Waals surface area contributed by atoms with Gasteiger partial charge in [-0.15, -0.1) is 0 Å². The molecule has 0 aliphatic carbocycles. The second-order valence-electron chi connectivity index (χ2n) is 8.52. The molecule has 3 aromatic rings. The summed E-state index contributed by atoms with van der Waals surface area (Å²) in [5, 5.41) is 20.1. The van der Waals surface area contributed by atoms with Gasteiger partial charge in [0.05, 0.1) is 13.2 Å². The Bertz CT molecular complexity index is 1330. The molecule has 2 atom stereocenters. The van der Waals surface area contributed by atoms with E-state index in [1.54, 1.807) is 24.3 Å². The van der Waals surface area contributed by atoms with E-state index in [1.807, 2.05) is 0 Å². The van der Waals surface area contributed by atoms with Crippen molar-refractivity contribution in [2.24, 2.45) is 0 Å². The number of halogens is 2. The van der Waals surface area contributed by atoms with Crippen LogP contribution in [0.25, 0.3) is 22.1 Å². The fourth-order valence-electron chi connectivity index (χ4n) is 4.19. The Morgan fingerprint density at radius 1 is 1.28 bits per heavy atom. The molecular weight excluding hydrogens is 482 g/mol. The number of furan rings is 1. The lowest BCUT2D eigenvalue weighted by Crippen LogP contribution is -2.42. The summed E-state index contributed by atoms with van der Waals surface area (Å²) in [7, 11) is 2.36. The summed E-state index contributed by atoms with van der Waals surface area (Å²) in [5.41, 5.74) is 0.258. The molecule has 0 bridgehead atoms. The fraction of sp³-hybridized carbons (Fsp3) is 0.435. The van der Waals surface area contributed by atoms with E-state index in [9.17, 15) is 24.6 Å². The summed E-state index contributed by atoms with van der Waals surface area (Å²) in [4.78, 5) is 45.6. The Labute approximate surface area is 203 Å². The van der Waals surface area contributed by atoms with Gasteiger partial charge in [0.2, 0.25) is 5.82 Å². The molecule has 0 spiro atoms. The summed E-state index contributed by atoms with van der Waals surface area (Å²) >= 11 is 0. The number of para-hydroxylation sites is 1. The SMILES string of the molecule is COC(=O)CCCN(C)C(=O)C(F)(F)c1nc(N2C[C@@H](O)C[C@H]2C(=O)O)c2oc3ccccc3c2n1. The van der Waals surface area contributed by atoms with Gasteiger partial charge in [0.15, 0.2) is 11.4 Å². The summed E-state index contributed by atoms with van der Waals surface area (Å²) in [5.74, 6) is -8.97. The van der Waals surface area contributed by atoms with Crippen LogP contribution in [0.4, 0.5) is 14.6 Å². The zero-order chi connectivity index (χ0) is 26.2. The lowest BCUT2D eigenvalue weighted by atomic mass is 10.2. The van der Waals surface area contributed by atoms with Crippen LogP contribution in [0.2, 0.25) is 0 Å². The van der Waals surface area contributed by atoms with Gasteiger partial charge in [-0.05, 0) is 18.6 Å². The Morgan fingerprint density at radius 3 is 2.69 bits per heavy atom. The number of benzene rings is 1. The van der Waals surface area contributed by atoms with Crippen molar-refractivity contribution in [3.63, 3.8) is 0 Å². The Morgan fingerprint density at radius 2 is 2.00 bits per heavy atom. The molecule has 36 heavy (non-hydrogen) atoms. The van der Waals surface area contributed by atoms with E-state index in [4.69, 9.17) is 4.42 Å². The first-order valence-corrected chi connectivity index (χ1v) is 11.1. The third kappa shape index (κ3) is 4.53. The number of nitrogens with zero attached hydrogens (tertiary/aromatic N) is 4. The van der Waals surface area contributed by atoms with Gasteiger partial charge in [-0.1, -0.05) is 12.1 Å². The van der Waals surface area contributed by atoms with Crippen molar-refractivity contribution < 1.29 is 42.5 Å². The average Bonchev–Trinajstić information content (AvgIpc) is 3.43. The average molecular weight is 506 g/mol. The molecule has 11 nitrogen and oxygen atoms in total. The first-order valence-electron chi connectivity index (χ1n) is 11.1. The Kier molecular flexibility index (Phi) is 6.76. The van der Waals surface area contributed by atoms with Crippen molar-refractivity contribution in [2.75, 3.05) is 32.1 Å². The van der Waals surface area contributed by atoms with Crippen molar-refractivity contribution in [2.45, 2.75) is 37.3 Å². The number of likely N-dealkylation sites (N-methyl/N-ethyl adjacent to an activating group) is 1. The van der Waals surface area contributed by atoms with Gasteiger partial charge in [0.25, 0.3) is 0 Å². The number of aliphatic hydroxyl groups is 1. The molecule has 1 aliphatic rings. The van der Waals surface area contributed by atoms with E-state index in [2.05, 4.69) is 14.7 Å². The number of carboxylic acid groups (broad SMARTS) is 1. The van der Waals surface area contributed by atoms with Gasteiger partial charge in [0.1, 0.15) is 17.1 Å². The first-order chi connectivity index (χ1) is 17.0. The Balaban J connectivity index is 1.78. The predicted octanol–water partition coefficient (Wildman–Crippen LogP) is 1.90. The molecule has 1 aromatic carbocycles. The minimum absolute atomic E-state index is 0.0167. The van der Waals surface area contributed by atoms with Crippen molar-refractivity contribution in [3.05, 3.63) is 30.1 Å². The molecule has 4 rings (SSSR count). The third-order valence-corrected chi connectivity index (χ3v) is 6.04. The second-order valence-corrected chi connectivity index (χ2v) is 8.52. The highest BCUT2D eigenvalue weighted by Gasteiger charge is 2.48. The van der Waals surface area contributed by atoms with Gasteiger partial charge in [-0.2, -0.15) is 8.78 Å². The number of esters is 1. The number of β-amino-alcohol motifs (C(OH)–C–C–N with tert-alkyl or cyclic N) is 1. The molecule has 1 fully saturated rings. The number of rotatable bonds is 8. The molecule has 2 aromatic heterocycles. The predicted molar refractivity (Wildman–Crippen MR) is 121 cm³/mol. The first kappa shape index (κ1) is 25.2. The van der Waals surface area contributed by atoms with Crippen molar-refractivity contribution in [3.8, 4) is 0 Å². The molecular formula is C23H24F2N4O7. The highest BCUT2D eigenvalue weighted by atomic mass is 19.3. The van der Waals surface area contributed by atoms with Crippen LogP contribution >= 0.6 is 0 Å². The molecule has 0 saturated carbocycles. The molecule has 1 aliphatic heterocycles. The van der Waals surface area contributed by atoms with E-state index in [0.717, 1.165) is 11.9 Å². The zero-order valence-corrected chi connectivity index (χ0v) is 19.5. The normalized spacial score (nSPS) is 18.1. The lowest BCUT2D eigenvalue weighted by molar-refractivity contribution is -0.159. The van der Waals surface area contributed by atoms with Gasteiger partial charge in [0, 0.05) is 38.4 Å². The van der Waals surface area contributed by atoms with Crippen molar-refractivity contribution in [1.29, 1.82) is 0 Å². The number of carbonyl (C=O) groups is 3. The molecule has 0 radical (unpaired) electrons. The minimum Gasteiger partial charge on any atom is -0.480 e. The lowest BCUT2D eigenvalue weighted by Gasteiger charge is -2.25. The van der Waals surface area contributed by atoms with Crippen LogP contribution in [0.5, 0.6) is 0 Å². The minimum atomic E-state index is -4.18. The van der Waals surface area contributed by atoms with E-state index in [0.29, 0.717) is 11.0 Å². The molecule has 1 amide bonds. The maximum absolute atomic E-state index is 15.5. The highest BCUT2D eigenvalue weighted by Crippen LogP contribution is 2.39. The number of hydrogen-bond acceptors (Lipinski definition) is 9. The van der Waals surface area contributed by atoms with Crippen molar-refractivity contribution >= 4 is 45.7 Å². The van der Waals surface area contributed by atoms with Gasteiger partial charge in [-0.25, -0.2) is 14.8 Å². The number of aliphatic carboxylic acids is 1. The van der Waals surface area contributed by atoms with Crippen LogP contribution in [0.3, 0.4) is 0 Å². The topological polar surface area (TPSA) is 146 Å². The largest absolute Gasteiger partial charge is 0.480 e. The quantitative estimate of drug-likeness (QED) is 0.434. The zero-order valence-electron chi connectivity index (χ0n) is 19.5. The number of alkyl halides is 2. The van der Waals surface area contributed by atoms with E-state index < -0.39 is 41.7 Å². The van der Waals surface area contributed by atoms with E-state index in [1.165, 1.54) is 12.0 Å². The van der Waals surface area contributed by atoms with Crippen LogP contribution < -0.4 is 4.90 Å². The fourth-order valence-corrected chi connectivity index (χ4v) is 4.19. The monoisotopic (exact) mass is 506 g/mol. The summed E-state index contributed by atoms with van der Waals surface area (Å²) in [6.45, 7) is -0.334. The van der Waals surface area contributed by atoms with Crippen molar-refractivity contribution in [1.82, 2.24) is 14.9 Å². The summed E-state index contributed by atoms with van der Waals surface area (Å²) in [6, 6.07) is 5.25. The number of amides is 1. The molecule has 3 heterocycles. The number of methoxy groups -OCH3 is 1. The van der Waals surface area contributed by atoms with Gasteiger partial charge < -0.3 is 29.2 Å². The van der Waals surface area contributed by atoms with Crippen LogP contribution in [-0.4, -0.2) is 82.3 Å². The molecule has 1 saturated heterocycles. The number of ether oxygens (including phenoxy) is 1. The van der Waals surface area contributed by atoms with Gasteiger partial charge in [-0.3, -0.25) is 9.59 Å². The number of carbonyl (C=O) groups excluding carboxylic acids is 2. The van der Waals surface area contributed by atoms with Gasteiger partial charge >= 0.3 is 23.8 Å². The highest BCUT2D eigenvalue weighted by molar-refractivity contribution is 6.06. The number of fused-ring (bicyclic) bond motifs is 3. The number of aliphatic hydroxyl groups excluding tert-OH is 1. The standard InChI is InChI=1S/C23H24F2N4O7/c1-28(9-5-8-16(31)35-2)22(34)23(24,25)21-26-17-13-6-3-4-7-15(13)36-18(17)19(27-21)29-11-12(30)10-14(29)20(32)33/h3-4,6-7,12,14,30H,5,8-11H2,1-2H3,(H,32,33)/t12-,14-/m0/s1. The molecule has 0 unspecified atom stereocenters. The summed E-state index contributed by atoms with van der Waals surface area (Å²) < 4.78 is 41.2. The van der Waals surface area contributed by atoms with E-state index >= 15 is 8.78 Å². The molecule has 192 valence electrons. The Hall–Kier alpha value is -3.87. The summed E-state index contributed by atoms with van der Waals surface area (Å²) in [6.07, 6.45) is -1.13. The van der Waals surface area contributed by atoms with Crippen LogP contribution in [0.1, 0.15) is 25.1 Å². The number of anilines is 1. The number of hydrogen-bond donors (Lipinski definition) is 2. The number of carboxylic acids is 1. The maximum atomic E-state index is 15.5. The van der Waals surface area contributed by atoms with Crippen LogP contribution in [0.15, 0.2) is 28.7 Å². The maximum Gasteiger partial charge on any atom is 0.383 e. The number of aromatic nitrogens is 2. The third-order valence-electron chi connectivity index (χ3n) is 6.04. The second kappa shape index (κ2) is 9.64. The van der Waals surface area contributed by atoms with Crippen LogP contribution in [-0.2, 0) is 25.0 Å². The van der Waals surface area contributed by atoms with E-state index in [-0.39, 0.29) is 49.3 Å². The molecule has 2 N–H and O–H groups in total. The smallest absolute Gasteiger partial charge is 0.383 e.